The maximum Gasteiger partial charge on any atom is 0.251 e. The van der Waals surface area contributed by atoms with Crippen LogP contribution in [0.25, 0.3) is 0 Å². The summed E-state index contributed by atoms with van der Waals surface area (Å²) < 4.78 is 10.3. The second-order valence-electron chi connectivity index (χ2n) is 3.61. The molecule has 0 radical (unpaired) electrons. The van der Waals surface area contributed by atoms with Crippen LogP contribution in [-0.2, 0) is 0 Å². The Labute approximate surface area is 97.8 Å². The van der Waals surface area contributed by atoms with Gasteiger partial charge in [0.2, 0.25) is 6.79 Å². The van der Waals surface area contributed by atoms with Crippen LogP contribution in [0, 0.1) is 0 Å². The van der Waals surface area contributed by atoms with Gasteiger partial charge in [0.05, 0.1) is 12.7 Å². The second-order valence-corrected chi connectivity index (χ2v) is 3.61. The zero-order chi connectivity index (χ0) is 12.3. The van der Waals surface area contributed by atoms with E-state index in [2.05, 4.69) is 5.32 Å². The van der Waals surface area contributed by atoms with Crippen molar-refractivity contribution in [3.8, 4) is 11.5 Å². The van der Waals surface area contributed by atoms with Crippen LogP contribution in [0.2, 0.25) is 0 Å². The van der Waals surface area contributed by atoms with Gasteiger partial charge in [0.15, 0.2) is 11.5 Å². The number of carbonyl (C=O) groups excluding carboxylic acids is 1. The smallest absolute Gasteiger partial charge is 0.251 e. The molecule has 1 atom stereocenters. The average molecular weight is 239 g/mol. The van der Waals surface area contributed by atoms with Crippen LogP contribution in [0.4, 0.5) is 0 Å². The Morgan fingerprint density at radius 1 is 1.41 bits per heavy atom. The fraction of sp³-hybridized carbons (Fsp3) is 0.364. The van der Waals surface area contributed by atoms with Crippen LogP contribution in [0.3, 0.4) is 0 Å². The second kappa shape index (κ2) is 5.03. The first-order chi connectivity index (χ1) is 8.20. The van der Waals surface area contributed by atoms with E-state index in [-0.39, 0.29) is 25.9 Å². The van der Waals surface area contributed by atoms with Crippen molar-refractivity contribution in [3.05, 3.63) is 23.8 Å². The summed E-state index contributed by atoms with van der Waals surface area (Å²) >= 11 is 0. The summed E-state index contributed by atoms with van der Waals surface area (Å²) in [5.41, 5.74) is 0.416. The van der Waals surface area contributed by atoms with Crippen molar-refractivity contribution >= 4 is 5.91 Å². The zero-order valence-electron chi connectivity index (χ0n) is 9.05. The van der Waals surface area contributed by atoms with Gasteiger partial charge >= 0.3 is 0 Å². The Kier molecular flexibility index (Phi) is 3.46. The third-order valence-corrected chi connectivity index (χ3v) is 2.34. The van der Waals surface area contributed by atoms with Crippen LogP contribution in [0.5, 0.6) is 11.5 Å². The summed E-state index contributed by atoms with van der Waals surface area (Å²) in [6.07, 6.45) is -0.951. The number of rotatable bonds is 4. The Balaban J connectivity index is 2.00. The van der Waals surface area contributed by atoms with Gasteiger partial charge in [0.1, 0.15) is 0 Å². The number of hydrogen-bond donors (Lipinski definition) is 3. The molecule has 1 aliphatic rings. The maximum absolute atomic E-state index is 11.7. The summed E-state index contributed by atoms with van der Waals surface area (Å²) in [7, 11) is 0. The van der Waals surface area contributed by atoms with Gasteiger partial charge in [0.25, 0.3) is 5.91 Å². The molecule has 0 bridgehead atoms. The highest BCUT2D eigenvalue weighted by atomic mass is 16.7. The number of ether oxygens (including phenoxy) is 2. The minimum atomic E-state index is -0.951. The summed E-state index contributed by atoms with van der Waals surface area (Å²) in [5, 5.41) is 20.2. The third-order valence-electron chi connectivity index (χ3n) is 2.34. The van der Waals surface area contributed by atoms with E-state index < -0.39 is 6.10 Å². The van der Waals surface area contributed by atoms with E-state index >= 15 is 0 Å². The van der Waals surface area contributed by atoms with Gasteiger partial charge in [-0.15, -0.1) is 0 Å². The minimum absolute atomic E-state index is 0.00375. The number of hydrogen-bond acceptors (Lipinski definition) is 5. The first-order valence-corrected chi connectivity index (χ1v) is 5.17. The topological polar surface area (TPSA) is 88.0 Å². The van der Waals surface area contributed by atoms with Crippen LogP contribution in [-0.4, -0.2) is 42.2 Å². The number of carbonyl (C=O) groups is 1. The van der Waals surface area contributed by atoms with Crippen molar-refractivity contribution in [1.82, 2.24) is 5.32 Å². The van der Waals surface area contributed by atoms with E-state index in [0.717, 1.165) is 0 Å². The molecule has 1 aromatic carbocycles. The lowest BCUT2D eigenvalue weighted by atomic mass is 10.2. The third kappa shape index (κ3) is 2.66. The molecule has 1 heterocycles. The monoisotopic (exact) mass is 239 g/mol. The van der Waals surface area contributed by atoms with Crippen molar-refractivity contribution in [1.29, 1.82) is 0 Å². The molecular formula is C11H13NO5. The van der Waals surface area contributed by atoms with Crippen LogP contribution in [0.1, 0.15) is 10.4 Å². The molecule has 1 unspecified atom stereocenters. The summed E-state index contributed by atoms with van der Waals surface area (Å²) in [5.74, 6) is 0.799. The molecule has 1 aliphatic heterocycles. The summed E-state index contributed by atoms with van der Waals surface area (Å²) in [6.45, 7) is -0.227. The molecular weight excluding hydrogens is 226 g/mol. The molecule has 2 rings (SSSR count). The predicted octanol–water partition coefficient (Wildman–Crippen LogP) is -0.502. The van der Waals surface area contributed by atoms with E-state index in [4.69, 9.17) is 19.7 Å². The van der Waals surface area contributed by atoms with E-state index in [1.165, 1.54) is 0 Å². The molecule has 0 saturated carbocycles. The molecule has 3 N–H and O–H groups in total. The fourth-order valence-electron chi connectivity index (χ4n) is 1.41. The number of fused-ring (bicyclic) bond motifs is 1. The molecule has 1 aromatic rings. The van der Waals surface area contributed by atoms with Crippen LogP contribution >= 0.6 is 0 Å². The molecule has 0 fully saturated rings. The lowest BCUT2D eigenvalue weighted by Crippen LogP contribution is -2.33. The zero-order valence-corrected chi connectivity index (χ0v) is 9.05. The Bertz CT molecular complexity index is 420. The number of benzene rings is 1. The summed E-state index contributed by atoms with van der Waals surface area (Å²) in [6, 6.07) is 4.83. The van der Waals surface area contributed by atoms with Gasteiger partial charge in [-0.25, -0.2) is 0 Å². The number of aliphatic hydroxyl groups is 2. The summed E-state index contributed by atoms with van der Waals surface area (Å²) in [4.78, 5) is 11.7. The van der Waals surface area contributed by atoms with Crippen molar-refractivity contribution < 1.29 is 24.5 Å². The van der Waals surface area contributed by atoms with Crippen molar-refractivity contribution in [3.63, 3.8) is 0 Å². The highest BCUT2D eigenvalue weighted by Crippen LogP contribution is 2.32. The minimum Gasteiger partial charge on any atom is -0.454 e. The number of aliphatic hydroxyl groups excluding tert-OH is 2. The van der Waals surface area contributed by atoms with Crippen LogP contribution in [0.15, 0.2) is 18.2 Å². The number of amides is 1. The van der Waals surface area contributed by atoms with Gasteiger partial charge in [-0.1, -0.05) is 0 Å². The van der Waals surface area contributed by atoms with Crippen molar-refractivity contribution in [2.75, 3.05) is 19.9 Å². The van der Waals surface area contributed by atoms with Crippen molar-refractivity contribution in [2.24, 2.45) is 0 Å². The molecule has 0 aromatic heterocycles. The Morgan fingerprint density at radius 3 is 2.94 bits per heavy atom. The lowest BCUT2D eigenvalue weighted by molar-refractivity contribution is 0.0801. The van der Waals surface area contributed by atoms with Gasteiger partial charge < -0.3 is 25.0 Å². The van der Waals surface area contributed by atoms with Gasteiger partial charge in [0, 0.05) is 12.1 Å². The normalized spacial score (nSPS) is 14.5. The lowest BCUT2D eigenvalue weighted by Gasteiger charge is -2.09. The standard InChI is InChI=1S/C11H13NO5/c13-5-8(14)4-12-11(15)7-1-2-9-10(3-7)17-6-16-9/h1-3,8,13-14H,4-6H2,(H,12,15). The predicted molar refractivity (Wildman–Crippen MR) is 58.0 cm³/mol. The Morgan fingerprint density at radius 2 is 2.18 bits per heavy atom. The van der Waals surface area contributed by atoms with E-state index in [1.807, 2.05) is 0 Å². The molecule has 17 heavy (non-hydrogen) atoms. The van der Waals surface area contributed by atoms with E-state index in [0.29, 0.717) is 17.1 Å². The first-order valence-electron chi connectivity index (χ1n) is 5.17. The molecule has 92 valence electrons. The first kappa shape index (κ1) is 11.7. The molecule has 0 aliphatic carbocycles. The Hall–Kier alpha value is -1.79. The van der Waals surface area contributed by atoms with Gasteiger partial charge in [-0.3, -0.25) is 4.79 Å². The van der Waals surface area contributed by atoms with Crippen LogP contribution < -0.4 is 14.8 Å². The maximum atomic E-state index is 11.7. The van der Waals surface area contributed by atoms with Gasteiger partial charge in [-0.05, 0) is 18.2 Å². The largest absolute Gasteiger partial charge is 0.454 e. The fourth-order valence-corrected chi connectivity index (χ4v) is 1.41. The highest BCUT2D eigenvalue weighted by molar-refractivity contribution is 5.94. The molecule has 0 spiro atoms. The molecule has 6 nitrogen and oxygen atoms in total. The quantitative estimate of drug-likeness (QED) is 0.659. The number of nitrogens with one attached hydrogen (secondary N) is 1. The highest BCUT2D eigenvalue weighted by Gasteiger charge is 2.16. The average Bonchev–Trinajstić information content (AvgIpc) is 2.82. The SMILES string of the molecule is O=C(NCC(O)CO)c1ccc2c(c1)OCO2. The van der Waals surface area contributed by atoms with Crippen molar-refractivity contribution in [2.45, 2.75) is 6.10 Å². The van der Waals surface area contributed by atoms with E-state index in [1.54, 1.807) is 18.2 Å². The van der Waals surface area contributed by atoms with Gasteiger partial charge in [-0.2, -0.15) is 0 Å². The molecule has 0 saturated heterocycles. The molecule has 1 amide bonds. The van der Waals surface area contributed by atoms with E-state index in [9.17, 15) is 4.79 Å². The molecule has 6 heteroatoms.